The molecular formula is C19H15NO3. The molecule has 0 heterocycles. The van der Waals surface area contributed by atoms with E-state index in [1.807, 2.05) is 42.5 Å². The van der Waals surface area contributed by atoms with Gasteiger partial charge in [-0.2, -0.15) is 5.23 Å². The second kappa shape index (κ2) is 6.54. The molecule has 0 bridgehead atoms. The number of hydrogen-bond donors (Lipinski definition) is 2. The average Bonchev–Trinajstić information content (AvgIpc) is 2.59. The van der Waals surface area contributed by atoms with E-state index >= 15 is 0 Å². The van der Waals surface area contributed by atoms with Gasteiger partial charge in [0.15, 0.2) is 11.5 Å². The number of rotatable bonds is 4. The summed E-state index contributed by atoms with van der Waals surface area (Å²) in [5.74, 6) is -0.0795. The maximum absolute atomic E-state index is 12.4. The number of allylic oxidation sites excluding steroid dienone is 1. The molecule has 2 N–H and O–H groups in total. The van der Waals surface area contributed by atoms with Crippen LogP contribution in [0.25, 0.3) is 16.8 Å². The molecule has 23 heavy (non-hydrogen) atoms. The summed E-state index contributed by atoms with van der Waals surface area (Å²) >= 11 is 0. The van der Waals surface area contributed by atoms with Gasteiger partial charge in [-0.15, -0.1) is 0 Å². The van der Waals surface area contributed by atoms with Gasteiger partial charge in [0.2, 0.25) is 0 Å². The van der Waals surface area contributed by atoms with Crippen molar-refractivity contribution in [2.24, 2.45) is 0 Å². The van der Waals surface area contributed by atoms with Crippen molar-refractivity contribution in [2.45, 2.75) is 0 Å². The van der Waals surface area contributed by atoms with Crippen molar-refractivity contribution < 1.29 is 15.2 Å². The highest BCUT2D eigenvalue weighted by atomic mass is 16.8. The minimum atomic E-state index is -0.965. The summed E-state index contributed by atoms with van der Waals surface area (Å²) in [7, 11) is 0. The van der Waals surface area contributed by atoms with E-state index in [4.69, 9.17) is 5.21 Å². The van der Waals surface area contributed by atoms with Crippen molar-refractivity contribution in [3.05, 3.63) is 89.1 Å². The summed E-state index contributed by atoms with van der Waals surface area (Å²) in [5.41, 5.74) is 1.66. The third-order valence-corrected chi connectivity index (χ3v) is 3.64. The zero-order chi connectivity index (χ0) is 16.2. The minimum Gasteiger partial charge on any atom is -0.595 e. The van der Waals surface area contributed by atoms with Gasteiger partial charge in [0.25, 0.3) is 0 Å². The predicted octanol–water partition coefficient (Wildman–Crippen LogP) is 3.14. The third kappa shape index (κ3) is 3.35. The Kier molecular flexibility index (Phi) is 4.30. The lowest BCUT2D eigenvalue weighted by molar-refractivity contribution is -0.991. The van der Waals surface area contributed by atoms with Crippen molar-refractivity contribution in [3.8, 4) is 0 Å². The maximum atomic E-state index is 12.4. The van der Waals surface area contributed by atoms with Gasteiger partial charge in [-0.3, -0.25) is 4.79 Å². The summed E-state index contributed by atoms with van der Waals surface area (Å²) in [6, 6.07) is 19.8. The van der Waals surface area contributed by atoms with Crippen LogP contribution in [0.3, 0.4) is 0 Å². The molecule has 3 aromatic carbocycles. The standard InChI is InChI=1S/C19H15NO3/c21-19(13-10-14-8-11-16(12-9-14)20(22)23)18-7-3-5-15-4-1-2-6-17(15)18/h1-13,20,22H. The Labute approximate surface area is 133 Å². The first kappa shape index (κ1) is 15.1. The number of nitrogens with one attached hydrogen (secondary N) is 1. The summed E-state index contributed by atoms with van der Waals surface area (Å²) in [5, 5.41) is 20.7. The van der Waals surface area contributed by atoms with Crippen LogP contribution in [0.4, 0.5) is 5.69 Å². The van der Waals surface area contributed by atoms with Crippen LogP contribution in [0, 0.1) is 5.21 Å². The molecule has 0 fully saturated rings. The zero-order valence-electron chi connectivity index (χ0n) is 12.3. The quantitative estimate of drug-likeness (QED) is 0.442. The van der Waals surface area contributed by atoms with Crippen LogP contribution >= 0.6 is 0 Å². The molecule has 0 spiro atoms. The second-order valence-electron chi connectivity index (χ2n) is 5.15. The first-order valence-corrected chi connectivity index (χ1v) is 7.19. The first-order valence-electron chi connectivity index (χ1n) is 7.19. The number of carbonyl (C=O) groups excluding carboxylic acids is 1. The molecule has 3 rings (SSSR count). The van der Waals surface area contributed by atoms with E-state index in [-0.39, 0.29) is 11.5 Å². The SMILES string of the molecule is O=C(C=Cc1ccc([NH+]([O-])O)cc1)c1cccc2ccccc12. The van der Waals surface area contributed by atoms with E-state index in [1.165, 1.54) is 18.2 Å². The Morgan fingerprint density at radius 1 is 0.957 bits per heavy atom. The van der Waals surface area contributed by atoms with Gasteiger partial charge in [-0.1, -0.05) is 48.5 Å². The lowest BCUT2D eigenvalue weighted by atomic mass is 10.0. The third-order valence-electron chi connectivity index (χ3n) is 3.64. The van der Waals surface area contributed by atoms with Crippen molar-refractivity contribution in [1.82, 2.24) is 0 Å². The number of hydrogen-bond acceptors (Lipinski definition) is 3. The Balaban J connectivity index is 1.85. The monoisotopic (exact) mass is 305 g/mol. The highest BCUT2D eigenvalue weighted by Crippen LogP contribution is 2.19. The molecule has 0 aliphatic rings. The summed E-state index contributed by atoms with van der Waals surface area (Å²) in [4.78, 5) is 12.4. The Hall–Kier alpha value is -2.79. The highest BCUT2D eigenvalue weighted by Gasteiger charge is 2.06. The summed E-state index contributed by atoms with van der Waals surface area (Å²) < 4.78 is 0. The van der Waals surface area contributed by atoms with E-state index in [1.54, 1.807) is 18.2 Å². The normalized spacial score (nSPS) is 12.6. The fraction of sp³-hybridized carbons (Fsp3) is 0. The van der Waals surface area contributed by atoms with Gasteiger partial charge < -0.3 is 5.21 Å². The second-order valence-corrected chi connectivity index (χ2v) is 5.15. The average molecular weight is 305 g/mol. The number of ketones is 1. The number of quaternary nitrogens is 1. The van der Waals surface area contributed by atoms with E-state index < -0.39 is 5.23 Å². The Bertz CT molecular complexity index is 862. The van der Waals surface area contributed by atoms with E-state index in [0.717, 1.165) is 16.3 Å². The van der Waals surface area contributed by atoms with Crippen LogP contribution in [0.5, 0.6) is 0 Å². The molecule has 4 heteroatoms. The molecule has 1 unspecified atom stereocenters. The highest BCUT2D eigenvalue weighted by molar-refractivity contribution is 6.14. The van der Waals surface area contributed by atoms with Gasteiger partial charge in [0.1, 0.15) is 0 Å². The van der Waals surface area contributed by atoms with Crippen molar-refractivity contribution in [3.63, 3.8) is 0 Å². The van der Waals surface area contributed by atoms with Gasteiger partial charge in [-0.05, 0) is 34.5 Å². The van der Waals surface area contributed by atoms with Gasteiger partial charge in [0.05, 0.1) is 0 Å². The topological polar surface area (TPSA) is 64.8 Å². The summed E-state index contributed by atoms with van der Waals surface area (Å²) in [6.45, 7) is 0. The lowest BCUT2D eigenvalue weighted by Gasteiger charge is -2.10. The number of benzene rings is 3. The Morgan fingerprint density at radius 3 is 2.39 bits per heavy atom. The van der Waals surface area contributed by atoms with E-state index in [0.29, 0.717) is 5.56 Å². The van der Waals surface area contributed by atoms with E-state index in [9.17, 15) is 10.0 Å². The van der Waals surface area contributed by atoms with Crippen LogP contribution in [0.2, 0.25) is 0 Å². The fourth-order valence-electron chi connectivity index (χ4n) is 2.44. The molecule has 0 aromatic heterocycles. The molecular weight excluding hydrogens is 290 g/mol. The van der Waals surface area contributed by atoms with Crippen molar-refractivity contribution in [1.29, 1.82) is 0 Å². The molecule has 114 valence electrons. The first-order chi connectivity index (χ1) is 11.1. The van der Waals surface area contributed by atoms with Crippen LogP contribution in [-0.2, 0) is 0 Å². The predicted molar refractivity (Wildman–Crippen MR) is 89.5 cm³/mol. The fourth-order valence-corrected chi connectivity index (χ4v) is 2.44. The summed E-state index contributed by atoms with van der Waals surface area (Å²) in [6.07, 6.45) is 3.20. The van der Waals surface area contributed by atoms with Crippen LogP contribution in [0.15, 0.2) is 72.8 Å². The molecule has 3 aromatic rings. The van der Waals surface area contributed by atoms with E-state index in [2.05, 4.69) is 0 Å². The maximum Gasteiger partial charge on any atom is 0.186 e. The molecule has 0 radical (unpaired) electrons. The number of fused-ring (bicyclic) bond motifs is 1. The van der Waals surface area contributed by atoms with Gasteiger partial charge in [-0.25, -0.2) is 5.21 Å². The van der Waals surface area contributed by atoms with Crippen LogP contribution < -0.4 is 5.23 Å². The van der Waals surface area contributed by atoms with Gasteiger partial charge in [0, 0.05) is 17.7 Å². The molecule has 0 aliphatic carbocycles. The smallest absolute Gasteiger partial charge is 0.186 e. The molecule has 0 saturated carbocycles. The largest absolute Gasteiger partial charge is 0.595 e. The lowest BCUT2D eigenvalue weighted by Crippen LogP contribution is -2.99. The zero-order valence-corrected chi connectivity index (χ0v) is 12.3. The molecule has 0 amide bonds. The van der Waals surface area contributed by atoms with Crippen LogP contribution in [0.1, 0.15) is 15.9 Å². The molecule has 0 saturated heterocycles. The van der Waals surface area contributed by atoms with Crippen molar-refractivity contribution in [2.75, 3.05) is 0 Å². The van der Waals surface area contributed by atoms with Gasteiger partial charge >= 0.3 is 0 Å². The number of carbonyl (C=O) groups is 1. The molecule has 0 aliphatic heterocycles. The molecule has 4 nitrogen and oxygen atoms in total. The van der Waals surface area contributed by atoms with Crippen LogP contribution in [-0.4, -0.2) is 11.0 Å². The Morgan fingerprint density at radius 2 is 1.65 bits per heavy atom. The minimum absolute atomic E-state index is 0.0795. The molecule has 1 atom stereocenters. The van der Waals surface area contributed by atoms with Crippen molar-refractivity contribution >= 4 is 28.3 Å².